The average Bonchev–Trinajstić information content (AvgIpc) is 2.42. The van der Waals surface area contributed by atoms with Crippen LogP contribution in [0.4, 0.5) is 4.79 Å². The number of sulfone groups is 1. The zero-order valence-electron chi connectivity index (χ0n) is 14.5. The van der Waals surface area contributed by atoms with E-state index in [1.54, 1.807) is 4.90 Å². The normalized spacial score (nSPS) is 28.4. The predicted molar refractivity (Wildman–Crippen MR) is 90.3 cm³/mol. The van der Waals surface area contributed by atoms with E-state index in [1.165, 1.54) is 0 Å². The summed E-state index contributed by atoms with van der Waals surface area (Å²) < 4.78 is 28.9. The lowest BCUT2D eigenvalue weighted by Crippen LogP contribution is -2.52. The van der Waals surface area contributed by atoms with E-state index in [-0.39, 0.29) is 23.9 Å². The van der Waals surface area contributed by atoms with E-state index in [4.69, 9.17) is 4.74 Å². The Morgan fingerprint density at radius 1 is 1.22 bits per heavy atom. The molecule has 0 radical (unpaired) electrons. The molecule has 0 aromatic rings. The third-order valence-corrected chi connectivity index (χ3v) is 6.18. The number of nitrogens with zero attached hydrogens (tertiary/aromatic N) is 1. The van der Waals surface area contributed by atoms with Crippen LogP contribution in [-0.2, 0) is 14.6 Å². The zero-order chi connectivity index (χ0) is 17.1. The summed E-state index contributed by atoms with van der Waals surface area (Å²) in [5, 5.41) is 3.37. The van der Waals surface area contributed by atoms with Gasteiger partial charge < -0.3 is 15.0 Å². The van der Waals surface area contributed by atoms with Crippen molar-refractivity contribution < 1.29 is 17.9 Å². The Morgan fingerprint density at radius 2 is 1.96 bits per heavy atom. The number of rotatable bonds is 3. The molecule has 2 heterocycles. The summed E-state index contributed by atoms with van der Waals surface area (Å²) in [5.74, 6) is 0.519. The second kappa shape index (κ2) is 7.38. The van der Waals surface area contributed by atoms with Crippen LogP contribution >= 0.6 is 0 Å². The van der Waals surface area contributed by atoms with Crippen LogP contribution in [-0.4, -0.2) is 61.7 Å². The lowest BCUT2D eigenvalue weighted by Gasteiger charge is -2.37. The smallest absolute Gasteiger partial charge is 0.410 e. The minimum absolute atomic E-state index is 0.0103. The van der Waals surface area contributed by atoms with Crippen molar-refractivity contribution in [2.24, 2.45) is 0 Å². The number of piperidine rings is 1. The van der Waals surface area contributed by atoms with Crippen molar-refractivity contribution in [3.05, 3.63) is 0 Å². The highest BCUT2D eigenvalue weighted by atomic mass is 32.2. The Morgan fingerprint density at radius 3 is 2.61 bits per heavy atom. The highest BCUT2D eigenvalue weighted by Crippen LogP contribution is 2.21. The van der Waals surface area contributed by atoms with Crippen LogP contribution in [0.5, 0.6) is 0 Å². The lowest BCUT2D eigenvalue weighted by molar-refractivity contribution is 0.00967. The van der Waals surface area contributed by atoms with E-state index in [2.05, 4.69) is 5.32 Å². The molecule has 7 heteroatoms. The molecule has 23 heavy (non-hydrogen) atoms. The number of hydrogen-bond donors (Lipinski definition) is 1. The van der Waals surface area contributed by atoms with Gasteiger partial charge in [0.2, 0.25) is 0 Å². The summed E-state index contributed by atoms with van der Waals surface area (Å²) in [4.78, 5) is 14.2. The zero-order valence-corrected chi connectivity index (χ0v) is 15.3. The molecule has 2 saturated heterocycles. The fourth-order valence-electron chi connectivity index (χ4n) is 3.26. The number of amides is 1. The molecule has 2 atom stereocenters. The van der Waals surface area contributed by atoms with Crippen LogP contribution in [0.15, 0.2) is 0 Å². The third kappa shape index (κ3) is 5.95. The molecule has 0 spiro atoms. The van der Waals surface area contributed by atoms with Crippen LogP contribution in [0.1, 0.15) is 52.9 Å². The third-order valence-electron chi connectivity index (χ3n) is 4.36. The van der Waals surface area contributed by atoms with E-state index in [0.29, 0.717) is 18.8 Å². The van der Waals surface area contributed by atoms with Gasteiger partial charge in [-0.05, 0) is 52.9 Å². The first-order chi connectivity index (χ1) is 10.7. The first-order valence-corrected chi connectivity index (χ1v) is 10.4. The molecule has 2 rings (SSSR count). The lowest BCUT2D eigenvalue weighted by atomic mass is 10.0. The highest BCUT2D eigenvalue weighted by Gasteiger charge is 2.31. The second-order valence-electron chi connectivity index (χ2n) is 7.69. The molecule has 0 aromatic carbocycles. The van der Waals surface area contributed by atoms with Crippen LogP contribution in [0.2, 0.25) is 0 Å². The molecule has 0 aromatic heterocycles. The monoisotopic (exact) mass is 346 g/mol. The SMILES string of the molecule is CC(C)(C)OC(=O)N1CCCCC1CNC1CCCS(=O)(=O)C1. The Kier molecular flexibility index (Phi) is 5.94. The molecule has 134 valence electrons. The van der Waals surface area contributed by atoms with Gasteiger partial charge in [0.1, 0.15) is 5.60 Å². The molecule has 1 N–H and O–H groups in total. The standard InChI is InChI=1S/C16H30N2O4S/c1-16(2,3)22-15(19)18-9-5-4-8-14(18)11-17-13-7-6-10-23(20,21)12-13/h13-14,17H,4-12H2,1-3H3. The molecular formula is C16H30N2O4S. The predicted octanol–water partition coefficient (Wildman–Crippen LogP) is 1.94. The molecule has 0 saturated carbocycles. The van der Waals surface area contributed by atoms with E-state index >= 15 is 0 Å². The number of ether oxygens (including phenoxy) is 1. The Hall–Kier alpha value is -0.820. The number of hydrogen-bond acceptors (Lipinski definition) is 5. The van der Waals surface area contributed by atoms with Crippen molar-refractivity contribution in [2.75, 3.05) is 24.6 Å². The van der Waals surface area contributed by atoms with E-state index in [0.717, 1.165) is 32.1 Å². The molecule has 2 unspecified atom stereocenters. The summed E-state index contributed by atoms with van der Waals surface area (Å²) in [6.45, 7) is 6.96. The van der Waals surface area contributed by atoms with Gasteiger partial charge in [0.25, 0.3) is 0 Å². The largest absolute Gasteiger partial charge is 0.444 e. The summed E-state index contributed by atoms with van der Waals surface area (Å²) in [7, 11) is -2.91. The van der Waals surface area contributed by atoms with Gasteiger partial charge in [-0.25, -0.2) is 13.2 Å². The number of carbonyl (C=O) groups is 1. The molecule has 0 aliphatic carbocycles. The minimum Gasteiger partial charge on any atom is -0.444 e. The summed E-state index contributed by atoms with van der Waals surface area (Å²) in [6, 6.07) is 0.0967. The summed E-state index contributed by atoms with van der Waals surface area (Å²) >= 11 is 0. The van der Waals surface area contributed by atoms with Gasteiger partial charge in [-0.2, -0.15) is 0 Å². The summed E-state index contributed by atoms with van der Waals surface area (Å²) in [5.41, 5.74) is -0.496. The first kappa shape index (κ1) is 18.5. The van der Waals surface area contributed by atoms with E-state index in [1.807, 2.05) is 20.8 Å². The van der Waals surface area contributed by atoms with Crippen molar-refractivity contribution in [1.29, 1.82) is 0 Å². The van der Waals surface area contributed by atoms with Crippen LogP contribution in [0.25, 0.3) is 0 Å². The number of carbonyl (C=O) groups excluding carboxylic acids is 1. The van der Waals surface area contributed by atoms with Gasteiger partial charge in [-0.15, -0.1) is 0 Å². The van der Waals surface area contributed by atoms with Crippen LogP contribution < -0.4 is 5.32 Å². The molecule has 2 aliphatic rings. The molecule has 1 amide bonds. The van der Waals surface area contributed by atoms with Crippen molar-refractivity contribution in [1.82, 2.24) is 10.2 Å². The van der Waals surface area contributed by atoms with Crippen molar-refractivity contribution in [3.63, 3.8) is 0 Å². The van der Waals surface area contributed by atoms with Gasteiger partial charge in [-0.1, -0.05) is 0 Å². The van der Waals surface area contributed by atoms with Crippen molar-refractivity contribution in [2.45, 2.75) is 70.6 Å². The quantitative estimate of drug-likeness (QED) is 0.845. The van der Waals surface area contributed by atoms with E-state index in [9.17, 15) is 13.2 Å². The maximum Gasteiger partial charge on any atom is 0.410 e. The van der Waals surface area contributed by atoms with Gasteiger partial charge in [0.15, 0.2) is 9.84 Å². The fourth-order valence-corrected chi connectivity index (χ4v) is 4.93. The maximum absolute atomic E-state index is 12.4. The van der Waals surface area contributed by atoms with E-state index < -0.39 is 15.4 Å². The molecule has 2 fully saturated rings. The van der Waals surface area contributed by atoms with Crippen LogP contribution in [0, 0.1) is 0 Å². The van der Waals surface area contributed by atoms with Gasteiger partial charge >= 0.3 is 6.09 Å². The fraction of sp³-hybridized carbons (Fsp3) is 0.938. The van der Waals surface area contributed by atoms with Gasteiger partial charge in [0.05, 0.1) is 11.5 Å². The second-order valence-corrected chi connectivity index (χ2v) is 9.91. The van der Waals surface area contributed by atoms with Gasteiger partial charge in [0, 0.05) is 25.2 Å². The highest BCUT2D eigenvalue weighted by molar-refractivity contribution is 7.91. The number of likely N-dealkylation sites (tertiary alicyclic amines) is 1. The number of nitrogens with one attached hydrogen (secondary N) is 1. The molecular weight excluding hydrogens is 316 g/mol. The Balaban J connectivity index is 1.90. The average molecular weight is 346 g/mol. The molecule has 0 bridgehead atoms. The Bertz CT molecular complexity index is 513. The summed E-state index contributed by atoms with van der Waals surface area (Å²) in [6.07, 6.45) is 4.37. The minimum atomic E-state index is -2.91. The maximum atomic E-state index is 12.4. The van der Waals surface area contributed by atoms with Crippen molar-refractivity contribution in [3.8, 4) is 0 Å². The molecule has 6 nitrogen and oxygen atoms in total. The Labute approximate surface area is 139 Å². The topological polar surface area (TPSA) is 75.7 Å². The van der Waals surface area contributed by atoms with Crippen molar-refractivity contribution >= 4 is 15.9 Å². The first-order valence-electron chi connectivity index (χ1n) is 8.60. The van der Waals surface area contributed by atoms with Crippen LogP contribution in [0.3, 0.4) is 0 Å². The molecule has 2 aliphatic heterocycles. The van der Waals surface area contributed by atoms with Gasteiger partial charge in [-0.3, -0.25) is 0 Å².